The van der Waals surface area contributed by atoms with Gasteiger partial charge < -0.3 is 14.8 Å². The van der Waals surface area contributed by atoms with Crippen LogP contribution in [-0.2, 0) is 0 Å². The average molecular weight is 416 g/mol. The second-order valence-corrected chi connectivity index (χ2v) is 6.55. The first kappa shape index (κ1) is 14.8. The van der Waals surface area contributed by atoms with Crippen LogP contribution >= 0.6 is 34.2 Å². The molecular formula is C16H15ClINO2. The third-order valence-electron chi connectivity index (χ3n) is 3.37. The monoisotopic (exact) mass is 415 g/mol. The molecule has 1 unspecified atom stereocenters. The molecule has 1 aliphatic heterocycles. The van der Waals surface area contributed by atoms with E-state index in [4.69, 9.17) is 21.1 Å². The highest BCUT2D eigenvalue weighted by Gasteiger charge is 2.15. The number of ether oxygens (including phenoxy) is 2. The van der Waals surface area contributed by atoms with Gasteiger partial charge in [-0.3, -0.25) is 0 Å². The Morgan fingerprint density at radius 2 is 1.86 bits per heavy atom. The van der Waals surface area contributed by atoms with Gasteiger partial charge in [0.2, 0.25) is 0 Å². The smallest absolute Gasteiger partial charge is 0.161 e. The number of nitrogens with one attached hydrogen (secondary N) is 1. The van der Waals surface area contributed by atoms with Gasteiger partial charge >= 0.3 is 0 Å². The summed E-state index contributed by atoms with van der Waals surface area (Å²) in [5.74, 6) is 1.62. The first-order valence-corrected chi connectivity index (χ1v) is 8.20. The minimum atomic E-state index is 0.124. The summed E-state index contributed by atoms with van der Waals surface area (Å²) in [5, 5.41) is 4.16. The highest BCUT2D eigenvalue weighted by Crippen LogP contribution is 2.34. The first-order valence-electron chi connectivity index (χ1n) is 6.74. The number of fused-ring (bicyclic) bond motifs is 1. The van der Waals surface area contributed by atoms with E-state index in [2.05, 4.69) is 34.8 Å². The van der Waals surface area contributed by atoms with Gasteiger partial charge in [0.05, 0.1) is 10.7 Å². The summed E-state index contributed by atoms with van der Waals surface area (Å²) in [7, 11) is 0. The lowest BCUT2D eigenvalue weighted by Crippen LogP contribution is -2.16. The van der Waals surface area contributed by atoms with E-state index in [9.17, 15) is 0 Å². The number of anilines is 1. The molecule has 0 aliphatic carbocycles. The summed E-state index contributed by atoms with van der Waals surface area (Å²) in [6.45, 7) is 3.30. The van der Waals surface area contributed by atoms with Crippen LogP contribution in [0, 0.1) is 3.57 Å². The molecule has 0 radical (unpaired) electrons. The second kappa shape index (κ2) is 6.32. The molecule has 0 fully saturated rings. The Labute approximate surface area is 142 Å². The molecule has 2 aromatic rings. The van der Waals surface area contributed by atoms with Crippen LogP contribution in [0.2, 0.25) is 5.02 Å². The van der Waals surface area contributed by atoms with E-state index in [0.29, 0.717) is 13.2 Å². The van der Waals surface area contributed by atoms with Crippen molar-refractivity contribution in [2.45, 2.75) is 13.0 Å². The molecule has 5 heteroatoms. The van der Waals surface area contributed by atoms with Crippen LogP contribution in [0.3, 0.4) is 0 Å². The lowest BCUT2D eigenvalue weighted by Gasteiger charge is -2.22. The molecule has 0 amide bonds. The van der Waals surface area contributed by atoms with E-state index in [1.165, 1.54) is 0 Å². The van der Waals surface area contributed by atoms with Crippen LogP contribution in [0.5, 0.6) is 11.5 Å². The van der Waals surface area contributed by atoms with Gasteiger partial charge in [-0.1, -0.05) is 17.7 Å². The maximum absolute atomic E-state index is 6.26. The van der Waals surface area contributed by atoms with Crippen LogP contribution in [0.25, 0.3) is 0 Å². The molecule has 1 N–H and O–H groups in total. The zero-order valence-electron chi connectivity index (χ0n) is 11.5. The fourth-order valence-corrected chi connectivity index (χ4v) is 3.16. The zero-order chi connectivity index (χ0) is 14.8. The standard InChI is InChI=1S/C16H15ClINO2/c1-10(19-14-4-3-12(18)9-13(14)17)11-2-5-15-16(8-11)21-7-6-20-15/h2-5,8-10,19H,6-7H2,1H3. The van der Waals surface area contributed by atoms with Gasteiger partial charge in [-0.2, -0.15) is 0 Å². The second-order valence-electron chi connectivity index (χ2n) is 4.89. The highest BCUT2D eigenvalue weighted by molar-refractivity contribution is 14.1. The minimum Gasteiger partial charge on any atom is -0.486 e. The summed E-state index contributed by atoms with van der Waals surface area (Å²) < 4.78 is 12.3. The molecular weight excluding hydrogens is 401 g/mol. The van der Waals surface area contributed by atoms with Crippen LogP contribution in [0.15, 0.2) is 36.4 Å². The average Bonchev–Trinajstić information content (AvgIpc) is 2.49. The third kappa shape index (κ3) is 3.37. The number of benzene rings is 2. The molecule has 3 nitrogen and oxygen atoms in total. The Bertz CT molecular complexity index is 663. The maximum atomic E-state index is 6.26. The van der Waals surface area contributed by atoms with Crippen LogP contribution in [-0.4, -0.2) is 13.2 Å². The summed E-state index contributed by atoms with van der Waals surface area (Å²) in [6.07, 6.45) is 0. The van der Waals surface area contributed by atoms with Gasteiger partial charge in [-0.15, -0.1) is 0 Å². The Balaban J connectivity index is 1.80. The van der Waals surface area contributed by atoms with E-state index in [1.807, 2.05) is 36.4 Å². The molecule has 110 valence electrons. The van der Waals surface area contributed by atoms with Gasteiger partial charge in [0.25, 0.3) is 0 Å². The topological polar surface area (TPSA) is 30.5 Å². The molecule has 0 saturated heterocycles. The lowest BCUT2D eigenvalue weighted by atomic mass is 10.1. The minimum absolute atomic E-state index is 0.124. The molecule has 1 aliphatic rings. The third-order valence-corrected chi connectivity index (χ3v) is 4.35. The number of hydrogen-bond acceptors (Lipinski definition) is 3. The zero-order valence-corrected chi connectivity index (χ0v) is 14.4. The van der Waals surface area contributed by atoms with E-state index >= 15 is 0 Å². The van der Waals surface area contributed by atoms with Crippen molar-refractivity contribution in [3.8, 4) is 11.5 Å². The molecule has 1 heterocycles. The normalized spacial score (nSPS) is 14.6. The molecule has 0 saturated carbocycles. The number of hydrogen-bond donors (Lipinski definition) is 1. The predicted octanol–water partition coefficient (Wildman–Crippen LogP) is 4.89. The highest BCUT2D eigenvalue weighted by atomic mass is 127. The van der Waals surface area contributed by atoms with Crippen LogP contribution in [0.1, 0.15) is 18.5 Å². The van der Waals surface area contributed by atoms with Gasteiger partial charge in [0.15, 0.2) is 11.5 Å². The SMILES string of the molecule is CC(Nc1ccc(I)cc1Cl)c1ccc2c(c1)OCCO2. The molecule has 0 bridgehead atoms. The summed E-state index contributed by atoms with van der Waals surface area (Å²) in [5.41, 5.74) is 2.06. The fourth-order valence-electron chi connectivity index (χ4n) is 2.25. The van der Waals surface area contributed by atoms with Crippen molar-refractivity contribution in [1.29, 1.82) is 0 Å². The van der Waals surface area contributed by atoms with Crippen molar-refractivity contribution in [3.63, 3.8) is 0 Å². The Hall–Kier alpha value is -1.14. The molecule has 21 heavy (non-hydrogen) atoms. The quantitative estimate of drug-likeness (QED) is 0.724. The predicted molar refractivity (Wildman–Crippen MR) is 93.6 cm³/mol. The molecule has 3 rings (SSSR count). The molecule has 0 aromatic heterocycles. The van der Waals surface area contributed by atoms with Crippen LogP contribution in [0.4, 0.5) is 5.69 Å². The van der Waals surface area contributed by atoms with Gasteiger partial charge in [0.1, 0.15) is 13.2 Å². The van der Waals surface area contributed by atoms with E-state index in [0.717, 1.165) is 31.3 Å². The van der Waals surface area contributed by atoms with Gasteiger partial charge in [0, 0.05) is 9.61 Å². The van der Waals surface area contributed by atoms with E-state index in [1.54, 1.807) is 0 Å². The Morgan fingerprint density at radius 3 is 2.62 bits per heavy atom. The van der Waals surface area contributed by atoms with Crippen molar-refractivity contribution < 1.29 is 9.47 Å². The lowest BCUT2D eigenvalue weighted by molar-refractivity contribution is 0.171. The van der Waals surface area contributed by atoms with Crippen molar-refractivity contribution in [2.24, 2.45) is 0 Å². The van der Waals surface area contributed by atoms with E-state index in [-0.39, 0.29) is 6.04 Å². The largest absolute Gasteiger partial charge is 0.486 e. The molecule has 0 spiro atoms. The number of halogens is 2. The Morgan fingerprint density at radius 1 is 1.10 bits per heavy atom. The van der Waals surface area contributed by atoms with Crippen molar-refractivity contribution in [1.82, 2.24) is 0 Å². The first-order chi connectivity index (χ1) is 10.1. The summed E-state index contributed by atoms with van der Waals surface area (Å²) in [6, 6.07) is 12.1. The van der Waals surface area contributed by atoms with Crippen molar-refractivity contribution in [3.05, 3.63) is 50.6 Å². The summed E-state index contributed by atoms with van der Waals surface area (Å²) in [4.78, 5) is 0. The van der Waals surface area contributed by atoms with Crippen molar-refractivity contribution >= 4 is 39.9 Å². The molecule has 2 aromatic carbocycles. The van der Waals surface area contributed by atoms with Crippen LogP contribution < -0.4 is 14.8 Å². The van der Waals surface area contributed by atoms with Gasteiger partial charge in [-0.25, -0.2) is 0 Å². The van der Waals surface area contributed by atoms with Gasteiger partial charge in [-0.05, 0) is 65.4 Å². The van der Waals surface area contributed by atoms with E-state index < -0.39 is 0 Å². The van der Waals surface area contributed by atoms with Crippen molar-refractivity contribution in [2.75, 3.05) is 18.5 Å². The Kier molecular flexibility index (Phi) is 4.45. The number of rotatable bonds is 3. The summed E-state index contributed by atoms with van der Waals surface area (Å²) >= 11 is 8.51. The molecule has 1 atom stereocenters. The maximum Gasteiger partial charge on any atom is 0.161 e. The fraction of sp³-hybridized carbons (Fsp3) is 0.250.